The molecule has 0 aliphatic heterocycles. The van der Waals surface area contributed by atoms with Gasteiger partial charge in [0, 0.05) is 10.7 Å². The smallest absolute Gasteiger partial charge is 0.184 e. The maximum Gasteiger partial charge on any atom is 0.184 e. The van der Waals surface area contributed by atoms with Crippen molar-refractivity contribution in [1.82, 2.24) is 9.97 Å². The number of fused-ring (bicyclic) bond motifs is 1. The fraction of sp³-hybridized carbons (Fsp3) is 0.0769. The monoisotopic (exact) mass is 319 g/mol. The summed E-state index contributed by atoms with van der Waals surface area (Å²) in [5.74, 6) is 0. The van der Waals surface area contributed by atoms with Gasteiger partial charge in [0.15, 0.2) is 5.13 Å². The first-order valence-corrected chi connectivity index (χ1v) is 7.12. The molecule has 18 heavy (non-hydrogen) atoms. The van der Waals surface area contributed by atoms with Crippen LogP contribution in [-0.4, -0.2) is 9.97 Å². The van der Waals surface area contributed by atoms with Crippen molar-refractivity contribution in [2.45, 2.75) is 6.54 Å². The fourth-order valence-corrected chi connectivity index (χ4v) is 2.84. The van der Waals surface area contributed by atoms with Crippen LogP contribution >= 0.6 is 27.3 Å². The van der Waals surface area contributed by atoms with Gasteiger partial charge in [0.25, 0.3) is 0 Å². The Kier molecular flexibility index (Phi) is 3.25. The lowest BCUT2D eigenvalue weighted by Crippen LogP contribution is -2.00. The summed E-state index contributed by atoms with van der Waals surface area (Å²) in [6.07, 6.45) is 1.80. The lowest BCUT2D eigenvalue weighted by Gasteiger charge is -2.00. The van der Waals surface area contributed by atoms with Gasteiger partial charge in [0.1, 0.15) is 0 Å². The van der Waals surface area contributed by atoms with E-state index in [4.69, 9.17) is 0 Å². The zero-order chi connectivity index (χ0) is 12.4. The molecule has 0 radical (unpaired) electrons. The molecule has 3 rings (SSSR count). The standard InChI is InChI=1S/C13H10BrN3S/c14-9-4-5-12-11(7-9)17-13(18-12)16-8-10-3-1-2-6-15-10/h1-7H,8H2,(H,16,17). The zero-order valence-electron chi connectivity index (χ0n) is 9.43. The molecule has 5 heteroatoms. The lowest BCUT2D eigenvalue weighted by atomic mass is 10.3. The molecule has 0 unspecified atom stereocenters. The molecule has 0 fully saturated rings. The summed E-state index contributed by atoms with van der Waals surface area (Å²) in [6, 6.07) is 12.0. The van der Waals surface area contributed by atoms with E-state index < -0.39 is 0 Å². The number of aromatic nitrogens is 2. The van der Waals surface area contributed by atoms with Gasteiger partial charge in [0.2, 0.25) is 0 Å². The Morgan fingerprint density at radius 2 is 2.17 bits per heavy atom. The summed E-state index contributed by atoms with van der Waals surface area (Å²) < 4.78 is 2.23. The fourth-order valence-electron chi connectivity index (χ4n) is 1.65. The van der Waals surface area contributed by atoms with Gasteiger partial charge in [-0.25, -0.2) is 4.98 Å². The first-order valence-electron chi connectivity index (χ1n) is 5.51. The van der Waals surface area contributed by atoms with Gasteiger partial charge in [-0.15, -0.1) is 0 Å². The number of nitrogens with one attached hydrogen (secondary N) is 1. The number of pyridine rings is 1. The summed E-state index contributed by atoms with van der Waals surface area (Å²) in [7, 11) is 0. The summed E-state index contributed by atoms with van der Waals surface area (Å²) >= 11 is 5.11. The zero-order valence-corrected chi connectivity index (χ0v) is 11.8. The SMILES string of the molecule is Brc1ccc2sc(NCc3ccccn3)nc2c1. The predicted octanol–water partition coefficient (Wildman–Crippen LogP) is 4.07. The molecule has 0 saturated carbocycles. The molecule has 0 spiro atoms. The minimum absolute atomic E-state index is 0.696. The Hall–Kier alpha value is -1.46. The second kappa shape index (κ2) is 5.04. The molecule has 2 heterocycles. The van der Waals surface area contributed by atoms with Gasteiger partial charge in [-0.2, -0.15) is 0 Å². The van der Waals surface area contributed by atoms with Crippen molar-refractivity contribution in [3.8, 4) is 0 Å². The number of halogens is 1. The third kappa shape index (κ3) is 2.52. The molecule has 90 valence electrons. The highest BCUT2D eigenvalue weighted by molar-refractivity contribution is 9.10. The maximum atomic E-state index is 4.54. The van der Waals surface area contributed by atoms with Crippen LogP contribution in [0.15, 0.2) is 47.1 Å². The van der Waals surface area contributed by atoms with Crippen molar-refractivity contribution in [2.75, 3.05) is 5.32 Å². The van der Waals surface area contributed by atoms with Crippen molar-refractivity contribution >= 4 is 42.6 Å². The van der Waals surface area contributed by atoms with Crippen LogP contribution in [0.2, 0.25) is 0 Å². The molecule has 0 aliphatic rings. The summed E-state index contributed by atoms with van der Waals surface area (Å²) in [5, 5.41) is 4.22. The molecule has 3 nitrogen and oxygen atoms in total. The van der Waals surface area contributed by atoms with Gasteiger partial charge >= 0.3 is 0 Å². The average Bonchev–Trinajstić information content (AvgIpc) is 2.79. The molecule has 0 aliphatic carbocycles. The van der Waals surface area contributed by atoms with E-state index >= 15 is 0 Å². The van der Waals surface area contributed by atoms with E-state index in [-0.39, 0.29) is 0 Å². The molecule has 0 atom stereocenters. The minimum atomic E-state index is 0.696. The molecule has 0 amide bonds. The number of hydrogen-bond donors (Lipinski definition) is 1. The van der Waals surface area contributed by atoms with Gasteiger partial charge < -0.3 is 5.32 Å². The Balaban J connectivity index is 1.79. The van der Waals surface area contributed by atoms with Crippen molar-refractivity contribution < 1.29 is 0 Å². The van der Waals surface area contributed by atoms with E-state index in [1.807, 2.05) is 30.3 Å². The van der Waals surface area contributed by atoms with Crippen LogP contribution < -0.4 is 5.32 Å². The Morgan fingerprint density at radius 3 is 3.00 bits per heavy atom. The minimum Gasteiger partial charge on any atom is -0.356 e. The number of rotatable bonds is 3. The Bertz CT molecular complexity index is 666. The van der Waals surface area contributed by atoms with E-state index in [2.05, 4.69) is 37.3 Å². The number of nitrogens with zero attached hydrogens (tertiary/aromatic N) is 2. The highest BCUT2D eigenvalue weighted by Crippen LogP contribution is 2.28. The quantitative estimate of drug-likeness (QED) is 0.790. The number of benzene rings is 1. The molecule has 1 N–H and O–H groups in total. The number of thiazole rings is 1. The average molecular weight is 320 g/mol. The molecular formula is C13H10BrN3S. The van der Waals surface area contributed by atoms with Crippen LogP contribution in [0.4, 0.5) is 5.13 Å². The molecule has 0 bridgehead atoms. The second-order valence-corrected chi connectivity index (χ2v) is 5.75. The van der Waals surface area contributed by atoms with Gasteiger partial charge in [-0.1, -0.05) is 33.3 Å². The predicted molar refractivity (Wildman–Crippen MR) is 78.9 cm³/mol. The van der Waals surface area contributed by atoms with E-state index in [1.165, 1.54) is 4.70 Å². The summed E-state index contributed by atoms with van der Waals surface area (Å²) in [4.78, 5) is 8.81. The lowest BCUT2D eigenvalue weighted by molar-refractivity contribution is 1.04. The van der Waals surface area contributed by atoms with Gasteiger partial charge in [-0.05, 0) is 30.3 Å². The van der Waals surface area contributed by atoms with Crippen LogP contribution in [0.3, 0.4) is 0 Å². The number of anilines is 1. The van der Waals surface area contributed by atoms with Gasteiger partial charge in [0.05, 0.1) is 22.5 Å². The van der Waals surface area contributed by atoms with E-state index in [9.17, 15) is 0 Å². The van der Waals surface area contributed by atoms with Crippen LogP contribution in [0, 0.1) is 0 Å². The maximum absolute atomic E-state index is 4.54. The Labute approximate surface area is 117 Å². The van der Waals surface area contributed by atoms with Crippen LogP contribution in [0.25, 0.3) is 10.2 Å². The molecule has 1 aromatic carbocycles. The highest BCUT2D eigenvalue weighted by atomic mass is 79.9. The van der Waals surface area contributed by atoms with E-state index in [0.717, 1.165) is 20.8 Å². The van der Waals surface area contributed by atoms with Crippen LogP contribution in [0.1, 0.15) is 5.69 Å². The number of hydrogen-bond acceptors (Lipinski definition) is 4. The van der Waals surface area contributed by atoms with Crippen molar-refractivity contribution in [2.24, 2.45) is 0 Å². The topological polar surface area (TPSA) is 37.8 Å². The largest absolute Gasteiger partial charge is 0.356 e. The Morgan fingerprint density at radius 1 is 1.22 bits per heavy atom. The highest BCUT2D eigenvalue weighted by Gasteiger charge is 2.03. The first-order chi connectivity index (χ1) is 8.81. The molecular weight excluding hydrogens is 310 g/mol. The van der Waals surface area contributed by atoms with Gasteiger partial charge in [-0.3, -0.25) is 4.98 Å². The molecule has 2 aromatic heterocycles. The normalized spacial score (nSPS) is 10.7. The molecule has 3 aromatic rings. The first kappa shape index (κ1) is 11.6. The van der Waals surface area contributed by atoms with Crippen molar-refractivity contribution in [1.29, 1.82) is 0 Å². The van der Waals surface area contributed by atoms with Crippen molar-refractivity contribution in [3.05, 3.63) is 52.8 Å². The van der Waals surface area contributed by atoms with Crippen LogP contribution in [0.5, 0.6) is 0 Å². The van der Waals surface area contributed by atoms with Crippen molar-refractivity contribution in [3.63, 3.8) is 0 Å². The second-order valence-electron chi connectivity index (χ2n) is 3.81. The van der Waals surface area contributed by atoms with Crippen LogP contribution in [-0.2, 0) is 6.54 Å². The summed E-state index contributed by atoms with van der Waals surface area (Å²) in [6.45, 7) is 0.696. The summed E-state index contributed by atoms with van der Waals surface area (Å²) in [5.41, 5.74) is 2.02. The molecule has 0 saturated heterocycles. The third-order valence-electron chi connectivity index (χ3n) is 2.50. The third-order valence-corrected chi connectivity index (χ3v) is 3.98. The van der Waals surface area contributed by atoms with E-state index in [1.54, 1.807) is 17.5 Å². The van der Waals surface area contributed by atoms with E-state index in [0.29, 0.717) is 6.54 Å².